The summed E-state index contributed by atoms with van der Waals surface area (Å²) in [5.74, 6) is 1.71. The first-order chi connectivity index (χ1) is 12.3. The number of nitrogens with one attached hydrogen (secondary N) is 1. The molecule has 7 heteroatoms. The standard InChI is InChI=1S/C18H21N7/c19-7-5-12(10-3-1-2-4-10)25-16-13(14(16)17(20)24-25)15-11-6-8-21-18(11)23-9-22-15/h6,8-10,12-14,16H,1-5H2,(H2,20,24)(H,21,22,23)/t12-,13+,14?,16+/m1/s1. The highest BCUT2D eigenvalue weighted by Crippen LogP contribution is 2.56. The Kier molecular flexibility index (Phi) is 3.20. The lowest BCUT2D eigenvalue weighted by Crippen LogP contribution is -2.37. The molecule has 7 nitrogen and oxygen atoms in total. The smallest absolute Gasteiger partial charge is 0.140 e. The van der Waals surface area contributed by atoms with Gasteiger partial charge < -0.3 is 10.7 Å². The molecule has 2 aliphatic carbocycles. The first kappa shape index (κ1) is 14.7. The summed E-state index contributed by atoms with van der Waals surface area (Å²) in [6.07, 6.45) is 8.92. The number of nitrogens with two attached hydrogens (primary N) is 1. The molecule has 0 bridgehead atoms. The minimum absolute atomic E-state index is 0.176. The molecule has 3 aliphatic rings. The fourth-order valence-corrected chi connectivity index (χ4v) is 4.95. The van der Waals surface area contributed by atoms with Gasteiger partial charge in [0, 0.05) is 17.5 Å². The third-order valence-electron chi connectivity index (χ3n) is 6.14. The van der Waals surface area contributed by atoms with E-state index in [1.165, 1.54) is 25.7 Å². The summed E-state index contributed by atoms with van der Waals surface area (Å²) in [5.41, 5.74) is 8.17. The van der Waals surface area contributed by atoms with Crippen LogP contribution in [0.5, 0.6) is 0 Å². The second-order valence-corrected chi connectivity index (χ2v) is 7.42. The Hall–Kier alpha value is -2.62. The lowest BCUT2D eigenvalue weighted by atomic mass is 9.95. The van der Waals surface area contributed by atoms with Crippen molar-refractivity contribution in [3.63, 3.8) is 0 Å². The molecule has 0 radical (unpaired) electrons. The molecule has 4 atom stereocenters. The predicted octanol–water partition coefficient (Wildman–Crippen LogP) is 2.10. The van der Waals surface area contributed by atoms with Crippen LogP contribution in [0.25, 0.3) is 11.0 Å². The number of aromatic nitrogens is 3. The van der Waals surface area contributed by atoms with E-state index in [2.05, 4.69) is 31.1 Å². The summed E-state index contributed by atoms with van der Waals surface area (Å²) in [4.78, 5) is 12.0. The molecular weight excluding hydrogens is 314 g/mol. The summed E-state index contributed by atoms with van der Waals surface area (Å²) in [6, 6.07) is 4.82. The van der Waals surface area contributed by atoms with Crippen molar-refractivity contribution in [2.45, 2.75) is 50.1 Å². The van der Waals surface area contributed by atoms with Crippen LogP contribution in [-0.4, -0.2) is 37.9 Å². The largest absolute Gasteiger partial charge is 0.385 e. The molecule has 25 heavy (non-hydrogen) atoms. The molecule has 0 spiro atoms. The molecule has 3 heterocycles. The normalized spacial score (nSPS) is 29.5. The molecule has 0 saturated heterocycles. The zero-order valence-corrected chi connectivity index (χ0v) is 14.0. The topological polar surface area (TPSA) is 107 Å². The van der Waals surface area contributed by atoms with Crippen LogP contribution in [0, 0.1) is 23.2 Å². The number of hydrogen-bond acceptors (Lipinski definition) is 6. The lowest BCUT2D eigenvalue weighted by molar-refractivity contribution is 0.144. The molecule has 128 valence electrons. The predicted molar refractivity (Wildman–Crippen MR) is 93.3 cm³/mol. The summed E-state index contributed by atoms with van der Waals surface area (Å²) >= 11 is 0. The van der Waals surface area contributed by atoms with Crippen molar-refractivity contribution < 1.29 is 0 Å². The molecule has 2 aromatic heterocycles. The molecule has 5 rings (SSSR count). The number of aromatic amines is 1. The van der Waals surface area contributed by atoms with E-state index >= 15 is 0 Å². The maximum absolute atomic E-state index is 9.34. The Morgan fingerprint density at radius 3 is 2.96 bits per heavy atom. The second-order valence-electron chi connectivity index (χ2n) is 7.42. The maximum Gasteiger partial charge on any atom is 0.140 e. The van der Waals surface area contributed by atoms with Gasteiger partial charge in [-0.05, 0) is 24.8 Å². The van der Waals surface area contributed by atoms with Gasteiger partial charge in [0.25, 0.3) is 0 Å². The SMILES string of the molecule is N#CC[C@H](C1CCCC1)N1N=C(N)C2[C@@H](c3ncnc4[nH]ccc34)[C@@H]21. The molecule has 0 aromatic carbocycles. The van der Waals surface area contributed by atoms with Gasteiger partial charge in [0.05, 0.1) is 36.2 Å². The van der Waals surface area contributed by atoms with Crippen molar-refractivity contribution in [2.75, 3.05) is 0 Å². The van der Waals surface area contributed by atoms with E-state index in [4.69, 9.17) is 5.73 Å². The molecule has 2 fully saturated rings. The average molecular weight is 335 g/mol. The van der Waals surface area contributed by atoms with Crippen molar-refractivity contribution in [1.29, 1.82) is 5.26 Å². The number of nitriles is 1. The van der Waals surface area contributed by atoms with Crippen LogP contribution >= 0.6 is 0 Å². The fraction of sp³-hybridized carbons (Fsp3) is 0.556. The van der Waals surface area contributed by atoms with Gasteiger partial charge in [-0.25, -0.2) is 9.97 Å². The highest BCUT2D eigenvalue weighted by atomic mass is 15.6. The van der Waals surface area contributed by atoms with Gasteiger partial charge in [0.2, 0.25) is 0 Å². The Morgan fingerprint density at radius 1 is 1.32 bits per heavy atom. The second kappa shape index (κ2) is 5.45. The van der Waals surface area contributed by atoms with Crippen LogP contribution in [0.4, 0.5) is 0 Å². The van der Waals surface area contributed by atoms with Gasteiger partial charge in [-0.3, -0.25) is 5.01 Å². The Morgan fingerprint density at radius 2 is 2.16 bits per heavy atom. The zero-order chi connectivity index (χ0) is 17.0. The number of fused-ring (bicyclic) bond motifs is 2. The first-order valence-corrected chi connectivity index (χ1v) is 9.07. The van der Waals surface area contributed by atoms with Crippen molar-refractivity contribution in [3.05, 3.63) is 24.3 Å². The van der Waals surface area contributed by atoms with Crippen LogP contribution in [0.2, 0.25) is 0 Å². The van der Waals surface area contributed by atoms with Crippen molar-refractivity contribution in [2.24, 2.45) is 22.7 Å². The molecule has 1 unspecified atom stereocenters. The molecule has 2 aromatic rings. The van der Waals surface area contributed by atoms with E-state index in [0.29, 0.717) is 18.2 Å². The van der Waals surface area contributed by atoms with Gasteiger partial charge in [-0.15, -0.1) is 0 Å². The number of amidine groups is 1. The van der Waals surface area contributed by atoms with E-state index in [0.717, 1.165) is 16.7 Å². The summed E-state index contributed by atoms with van der Waals surface area (Å²) < 4.78 is 0. The molecule has 0 amide bonds. The summed E-state index contributed by atoms with van der Waals surface area (Å²) in [5, 5.41) is 17.2. The van der Waals surface area contributed by atoms with Crippen molar-refractivity contribution in [3.8, 4) is 6.07 Å². The Bertz CT molecular complexity index is 873. The number of hydrazone groups is 1. The minimum atomic E-state index is 0.176. The fourth-order valence-electron chi connectivity index (χ4n) is 4.95. The number of H-pyrrole nitrogens is 1. The summed E-state index contributed by atoms with van der Waals surface area (Å²) in [7, 11) is 0. The maximum atomic E-state index is 9.34. The van der Waals surface area contributed by atoms with Crippen molar-refractivity contribution >= 4 is 16.9 Å². The van der Waals surface area contributed by atoms with Crippen LogP contribution in [-0.2, 0) is 0 Å². The van der Waals surface area contributed by atoms with Gasteiger partial charge in [-0.2, -0.15) is 10.4 Å². The summed E-state index contributed by atoms with van der Waals surface area (Å²) in [6.45, 7) is 0. The molecule has 1 aliphatic heterocycles. The van der Waals surface area contributed by atoms with E-state index in [9.17, 15) is 5.26 Å². The van der Waals surface area contributed by atoms with Crippen LogP contribution in [0.15, 0.2) is 23.7 Å². The third kappa shape index (κ3) is 2.13. The van der Waals surface area contributed by atoms with E-state index < -0.39 is 0 Å². The Labute approximate surface area is 145 Å². The zero-order valence-electron chi connectivity index (χ0n) is 14.0. The number of nitrogens with zero attached hydrogens (tertiary/aromatic N) is 5. The first-order valence-electron chi connectivity index (χ1n) is 9.07. The molecule has 3 N–H and O–H groups in total. The molecule has 2 saturated carbocycles. The van der Waals surface area contributed by atoms with Gasteiger partial charge >= 0.3 is 0 Å². The van der Waals surface area contributed by atoms with Gasteiger partial charge in [0.15, 0.2) is 0 Å². The number of rotatable bonds is 4. The van der Waals surface area contributed by atoms with E-state index in [-0.39, 0.29) is 23.9 Å². The lowest BCUT2D eigenvalue weighted by Gasteiger charge is -2.31. The highest BCUT2D eigenvalue weighted by Gasteiger charge is 2.63. The quantitative estimate of drug-likeness (QED) is 0.890. The minimum Gasteiger partial charge on any atom is -0.385 e. The van der Waals surface area contributed by atoms with Gasteiger partial charge in [0.1, 0.15) is 17.8 Å². The van der Waals surface area contributed by atoms with E-state index in [1.54, 1.807) is 6.33 Å². The van der Waals surface area contributed by atoms with Crippen LogP contribution in [0.3, 0.4) is 0 Å². The average Bonchev–Trinajstić information content (AvgIpc) is 3.04. The van der Waals surface area contributed by atoms with Gasteiger partial charge in [-0.1, -0.05) is 12.8 Å². The third-order valence-corrected chi connectivity index (χ3v) is 6.14. The number of hydrogen-bond donors (Lipinski definition) is 2. The molecular formula is C18H21N7. The van der Waals surface area contributed by atoms with Crippen LogP contribution < -0.4 is 5.73 Å². The van der Waals surface area contributed by atoms with Crippen molar-refractivity contribution in [1.82, 2.24) is 20.0 Å². The highest BCUT2D eigenvalue weighted by molar-refractivity contribution is 5.91. The monoisotopic (exact) mass is 335 g/mol. The van der Waals surface area contributed by atoms with E-state index in [1.807, 2.05) is 12.3 Å². The van der Waals surface area contributed by atoms with Crippen LogP contribution in [0.1, 0.15) is 43.7 Å². The Balaban J connectivity index is 1.48.